The summed E-state index contributed by atoms with van der Waals surface area (Å²) in [6.45, 7) is 2.54. The number of esters is 1. The van der Waals surface area contributed by atoms with E-state index in [4.69, 9.17) is 4.74 Å². The predicted molar refractivity (Wildman–Crippen MR) is 109 cm³/mol. The van der Waals surface area contributed by atoms with E-state index in [0.717, 1.165) is 5.56 Å². The highest BCUT2D eigenvalue weighted by atomic mass is 16.5. The van der Waals surface area contributed by atoms with Crippen molar-refractivity contribution in [2.75, 3.05) is 11.9 Å². The SMILES string of the molecule is CCOC(=O)c1cccc(N[C@@H]2c3ncccc3C(=O)N2Cc2ccccc2)c1. The molecule has 0 unspecified atom stereocenters. The average molecular weight is 387 g/mol. The molecular weight excluding hydrogens is 366 g/mol. The summed E-state index contributed by atoms with van der Waals surface area (Å²) >= 11 is 0. The fourth-order valence-electron chi connectivity index (χ4n) is 3.43. The van der Waals surface area contributed by atoms with Crippen LogP contribution in [-0.2, 0) is 11.3 Å². The Kier molecular flexibility index (Phi) is 5.24. The zero-order valence-electron chi connectivity index (χ0n) is 16.0. The fourth-order valence-corrected chi connectivity index (χ4v) is 3.43. The van der Waals surface area contributed by atoms with Gasteiger partial charge in [-0.05, 0) is 42.8 Å². The Bertz CT molecular complexity index is 1040. The number of nitrogens with one attached hydrogen (secondary N) is 1. The van der Waals surface area contributed by atoms with Crippen LogP contribution >= 0.6 is 0 Å². The van der Waals surface area contributed by atoms with Crippen molar-refractivity contribution < 1.29 is 14.3 Å². The van der Waals surface area contributed by atoms with E-state index in [1.807, 2.05) is 36.4 Å². The minimum absolute atomic E-state index is 0.0731. The van der Waals surface area contributed by atoms with Gasteiger partial charge in [-0.15, -0.1) is 0 Å². The summed E-state index contributed by atoms with van der Waals surface area (Å²) in [5, 5.41) is 3.37. The summed E-state index contributed by atoms with van der Waals surface area (Å²) in [6, 6.07) is 20.5. The molecule has 0 fully saturated rings. The van der Waals surface area contributed by atoms with Crippen molar-refractivity contribution in [2.24, 2.45) is 0 Å². The molecule has 3 aromatic rings. The number of nitrogens with zero attached hydrogens (tertiary/aromatic N) is 2. The van der Waals surface area contributed by atoms with Gasteiger partial charge in [-0.25, -0.2) is 4.79 Å². The molecule has 1 amide bonds. The Morgan fingerprint density at radius 2 is 1.93 bits per heavy atom. The Balaban J connectivity index is 1.65. The maximum Gasteiger partial charge on any atom is 0.338 e. The van der Waals surface area contributed by atoms with Crippen LogP contribution < -0.4 is 5.32 Å². The van der Waals surface area contributed by atoms with Crippen LogP contribution in [0.5, 0.6) is 0 Å². The highest BCUT2D eigenvalue weighted by Gasteiger charge is 2.37. The van der Waals surface area contributed by atoms with E-state index in [2.05, 4.69) is 10.3 Å². The first kappa shape index (κ1) is 18.7. The van der Waals surface area contributed by atoms with Crippen molar-refractivity contribution in [1.82, 2.24) is 9.88 Å². The molecule has 1 aliphatic heterocycles. The number of anilines is 1. The monoisotopic (exact) mass is 387 g/mol. The lowest BCUT2D eigenvalue weighted by Gasteiger charge is -2.26. The van der Waals surface area contributed by atoms with E-state index in [1.165, 1.54) is 0 Å². The molecule has 4 rings (SSSR count). The van der Waals surface area contributed by atoms with Crippen LogP contribution in [0.3, 0.4) is 0 Å². The minimum atomic E-state index is -0.434. The van der Waals surface area contributed by atoms with Crippen LogP contribution in [0.15, 0.2) is 72.9 Å². The number of fused-ring (bicyclic) bond motifs is 1. The van der Waals surface area contributed by atoms with Crippen molar-refractivity contribution in [3.63, 3.8) is 0 Å². The number of benzene rings is 2. The summed E-state index contributed by atoms with van der Waals surface area (Å²) in [5.74, 6) is -0.450. The van der Waals surface area contributed by atoms with Crippen LogP contribution in [0.2, 0.25) is 0 Å². The summed E-state index contributed by atoms with van der Waals surface area (Å²) in [6.07, 6.45) is 1.25. The molecular formula is C23H21N3O3. The smallest absolute Gasteiger partial charge is 0.338 e. The molecule has 0 bridgehead atoms. The Morgan fingerprint density at radius 3 is 2.72 bits per heavy atom. The third-order valence-electron chi connectivity index (χ3n) is 4.77. The van der Waals surface area contributed by atoms with Crippen LogP contribution in [0.25, 0.3) is 0 Å². The van der Waals surface area contributed by atoms with Gasteiger partial charge in [-0.1, -0.05) is 36.4 Å². The third kappa shape index (κ3) is 3.82. The van der Waals surface area contributed by atoms with Crippen molar-refractivity contribution in [3.8, 4) is 0 Å². The van der Waals surface area contributed by atoms with Gasteiger partial charge in [0.15, 0.2) is 0 Å². The van der Waals surface area contributed by atoms with Gasteiger partial charge >= 0.3 is 5.97 Å². The lowest BCUT2D eigenvalue weighted by Crippen LogP contribution is -2.32. The van der Waals surface area contributed by atoms with Gasteiger partial charge in [-0.2, -0.15) is 0 Å². The maximum absolute atomic E-state index is 13.0. The van der Waals surface area contributed by atoms with Crippen LogP contribution in [-0.4, -0.2) is 28.4 Å². The van der Waals surface area contributed by atoms with E-state index in [0.29, 0.717) is 35.7 Å². The van der Waals surface area contributed by atoms with Crippen LogP contribution in [0, 0.1) is 0 Å². The number of amides is 1. The topological polar surface area (TPSA) is 71.5 Å². The van der Waals surface area contributed by atoms with Crippen LogP contribution in [0.1, 0.15) is 45.1 Å². The molecule has 6 nitrogen and oxygen atoms in total. The molecule has 146 valence electrons. The number of aromatic nitrogens is 1. The molecule has 0 saturated heterocycles. The van der Waals surface area contributed by atoms with Gasteiger partial charge in [0.1, 0.15) is 6.17 Å². The summed E-state index contributed by atoms with van der Waals surface area (Å²) in [7, 11) is 0. The highest BCUT2D eigenvalue weighted by Crippen LogP contribution is 2.34. The summed E-state index contributed by atoms with van der Waals surface area (Å²) in [5.41, 5.74) is 3.46. The first-order chi connectivity index (χ1) is 14.2. The van der Waals surface area contributed by atoms with Gasteiger partial charge in [-0.3, -0.25) is 9.78 Å². The van der Waals surface area contributed by atoms with E-state index in [9.17, 15) is 9.59 Å². The molecule has 0 saturated carbocycles. The molecule has 1 atom stereocenters. The number of rotatable bonds is 6. The lowest BCUT2D eigenvalue weighted by atomic mass is 10.1. The Labute approximate surface area is 169 Å². The molecule has 0 spiro atoms. The number of carbonyl (C=O) groups excluding carboxylic acids is 2. The first-order valence-electron chi connectivity index (χ1n) is 9.51. The molecule has 29 heavy (non-hydrogen) atoms. The van der Waals surface area contributed by atoms with E-state index in [-0.39, 0.29) is 11.9 Å². The normalized spacial score (nSPS) is 15.1. The number of carbonyl (C=O) groups is 2. The van der Waals surface area contributed by atoms with Gasteiger partial charge in [0.05, 0.1) is 23.4 Å². The molecule has 1 N–H and O–H groups in total. The molecule has 0 aliphatic carbocycles. The van der Waals surface area contributed by atoms with Crippen molar-refractivity contribution in [3.05, 3.63) is 95.3 Å². The molecule has 1 aromatic heterocycles. The zero-order valence-corrected chi connectivity index (χ0v) is 16.0. The minimum Gasteiger partial charge on any atom is -0.462 e. The van der Waals surface area contributed by atoms with E-state index >= 15 is 0 Å². The summed E-state index contributed by atoms with van der Waals surface area (Å²) < 4.78 is 5.08. The number of hydrogen-bond donors (Lipinski definition) is 1. The standard InChI is InChI=1S/C23H21N3O3/c1-2-29-23(28)17-10-6-11-18(14-17)25-21-20-19(12-7-13-24-20)22(27)26(21)15-16-8-4-3-5-9-16/h3-14,21,25H,2,15H2,1H3/t21-/m0/s1. The number of pyridine rings is 1. The quantitative estimate of drug-likeness (QED) is 0.647. The predicted octanol–water partition coefficient (Wildman–Crippen LogP) is 4.03. The largest absolute Gasteiger partial charge is 0.462 e. The van der Waals surface area contributed by atoms with Gasteiger partial charge in [0, 0.05) is 18.4 Å². The number of hydrogen-bond acceptors (Lipinski definition) is 5. The average Bonchev–Trinajstić information content (AvgIpc) is 3.01. The van der Waals surface area contributed by atoms with Gasteiger partial charge in [0.25, 0.3) is 5.91 Å². The number of ether oxygens (including phenoxy) is 1. The second-order valence-electron chi connectivity index (χ2n) is 6.70. The Hall–Kier alpha value is -3.67. The third-order valence-corrected chi connectivity index (χ3v) is 4.77. The molecule has 2 aromatic carbocycles. The highest BCUT2D eigenvalue weighted by molar-refractivity contribution is 5.99. The van der Waals surface area contributed by atoms with E-state index < -0.39 is 6.17 Å². The fraction of sp³-hybridized carbons (Fsp3) is 0.174. The van der Waals surface area contributed by atoms with Gasteiger partial charge < -0.3 is 15.0 Å². The molecule has 6 heteroatoms. The molecule has 0 radical (unpaired) electrons. The van der Waals surface area contributed by atoms with Crippen LogP contribution in [0.4, 0.5) is 5.69 Å². The van der Waals surface area contributed by atoms with Crippen molar-refractivity contribution in [1.29, 1.82) is 0 Å². The zero-order chi connectivity index (χ0) is 20.2. The first-order valence-corrected chi connectivity index (χ1v) is 9.51. The van der Waals surface area contributed by atoms with E-state index in [1.54, 1.807) is 48.4 Å². The molecule has 1 aliphatic rings. The van der Waals surface area contributed by atoms with Gasteiger partial charge in [0.2, 0.25) is 0 Å². The maximum atomic E-state index is 13.0. The second kappa shape index (κ2) is 8.14. The lowest BCUT2D eigenvalue weighted by molar-refractivity contribution is 0.0526. The molecule has 2 heterocycles. The van der Waals surface area contributed by atoms with Crippen molar-refractivity contribution in [2.45, 2.75) is 19.6 Å². The summed E-state index contributed by atoms with van der Waals surface area (Å²) in [4.78, 5) is 31.3. The Morgan fingerprint density at radius 1 is 1.10 bits per heavy atom. The van der Waals surface area contributed by atoms with Crippen molar-refractivity contribution >= 4 is 17.6 Å². The second-order valence-corrected chi connectivity index (χ2v) is 6.70.